The van der Waals surface area contributed by atoms with Crippen LogP contribution in [0.25, 0.3) is 11.3 Å². The van der Waals surface area contributed by atoms with E-state index in [0.717, 1.165) is 16.8 Å². The molecule has 0 aliphatic heterocycles. The Balaban J connectivity index is 2.09. The van der Waals surface area contributed by atoms with Gasteiger partial charge in [-0.05, 0) is 42.5 Å². The van der Waals surface area contributed by atoms with Gasteiger partial charge in [0.2, 0.25) is 0 Å². The van der Waals surface area contributed by atoms with Crippen molar-refractivity contribution in [3.8, 4) is 11.3 Å². The van der Waals surface area contributed by atoms with Gasteiger partial charge in [0.15, 0.2) is 10.8 Å². The van der Waals surface area contributed by atoms with Crippen molar-refractivity contribution >= 4 is 40.3 Å². The summed E-state index contributed by atoms with van der Waals surface area (Å²) in [5.41, 5.74) is 4.62. The molecule has 0 fully saturated rings. The number of thiocarbonyl (C=S) groups is 1. The average molecular weight is 426 g/mol. The maximum atomic E-state index is 12.8. The standard InChI is InChI=1S/C17H11ClF3N5OS/c18-11-2-1-3-12(8-11)23-24-14-13(25-26(15(14)27)16(22)28)9-4-6-10(7-5-9)17(19,20)21/h1-8,25H,(H2,22,28). The van der Waals surface area contributed by atoms with Crippen molar-refractivity contribution in [2.45, 2.75) is 6.18 Å². The molecule has 1 heterocycles. The summed E-state index contributed by atoms with van der Waals surface area (Å²) in [4.78, 5) is 12.5. The average Bonchev–Trinajstić information content (AvgIpc) is 2.96. The van der Waals surface area contributed by atoms with Gasteiger partial charge in [-0.15, -0.1) is 5.11 Å². The van der Waals surface area contributed by atoms with Crippen LogP contribution in [0.2, 0.25) is 5.02 Å². The molecule has 0 aliphatic rings. The molecule has 0 saturated heterocycles. The molecule has 3 rings (SSSR count). The van der Waals surface area contributed by atoms with Crippen molar-refractivity contribution in [3.63, 3.8) is 0 Å². The third kappa shape index (κ3) is 4.12. The number of nitrogens with one attached hydrogen (secondary N) is 1. The molecular formula is C17H11ClF3N5OS. The first-order valence-electron chi connectivity index (χ1n) is 7.66. The van der Waals surface area contributed by atoms with Gasteiger partial charge in [0, 0.05) is 10.6 Å². The van der Waals surface area contributed by atoms with Crippen molar-refractivity contribution in [1.82, 2.24) is 9.78 Å². The molecule has 3 aromatic rings. The number of benzene rings is 2. The molecule has 0 amide bonds. The molecule has 6 nitrogen and oxygen atoms in total. The number of rotatable bonds is 3. The van der Waals surface area contributed by atoms with Crippen LogP contribution >= 0.6 is 23.8 Å². The Morgan fingerprint density at radius 3 is 2.39 bits per heavy atom. The summed E-state index contributed by atoms with van der Waals surface area (Å²) in [6.07, 6.45) is -4.48. The van der Waals surface area contributed by atoms with Crippen molar-refractivity contribution in [2.75, 3.05) is 0 Å². The van der Waals surface area contributed by atoms with E-state index < -0.39 is 17.3 Å². The third-order valence-corrected chi connectivity index (χ3v) is 4.08. The van der Waals surface area contributed by atoms with E-state index in [1.165, 1.54) is 18.2 Å². The fraction of sp³-hybridized carbons (Fsp3) is 0.0588. The van der Waals surface area contributed by atoms with Gasteiger partial charge < -0.3 is 5.73 Å². The van der Waals surface area contributed by atoms with Crippen LogP contribution in [0.1, 0.15) is 5.56 Å². The summed E-state index contributed by atoms with van der Waals surface area (Å²) in [5, 5.41) is 10.7. The number of halogens is 4. The summed E-state index contributed by atoms with van der Waals surface area (Å²) in [6.45, 7) is 0. The Morgan fingerprint density at radius 2 is 1.82 bits per heavy atom. The Bertz CT molecular complexity index is 1120. The second-order valence-electron chi connectivity index (χ2n) is 5.57. The molecule has 144 valence electrons. The van der Waals surface area contributed by atoms with Crippen LogP contribution in [0, 0.1) is 0 Å². The lowest BCUT2D eigenvalue weighted by Crippen LogP contribution is -2.29. The molecule has 3 N–H and O–H groups in total. The van der Waals surface area contributed by atoms with Gasteiger partial charge in [0.05, 0.1) is 16.9 Å². The number of alkyl halides is 3. The molecule has 0 spiro atoms. The predicted octanol–water partition coefficient (Wildman–Crippen LogP) is 5.02. The maximum Gasteiger partial charge on any atom is 0.416 e. The van der Waals surface area contributed by atoms with E-state index in [2.05, 4.69) is 15.3 Å². The van der Waals surface area contributed by atoms with Crippen LogP contribution in [-0.2, 0) is 6.18 Å². The topological polar surface area (TPSA) is 88.5 Å². The van der Waals surface area contributed by atoms with Crippen molar-refractivity contribution < 1.29 is 13.2 Å². The molecule has 1 aromatic heterocycles. The monoisotopic (exact) mass is 425 g/mol. The van der Waals surface area contributed by atoms with Crippen LogP contribution in [0.4, 0.5) is 24.5 Å². The van der Waals surface area contributed by atoms with Crippen molar-refractivity contribution in [3.05, 3.63) is 69.5 Å². The van der Waals surface area contributed by atoms with E-state index in [9.17, 15) is 18.0 Å². The van der Waals surface area contributed by atoms with Gasteiger partial charge in [-0.25, -0.2) is 0 Å². The fourth-order valence-electron chi connectivity index (χ4n) is 2.35. The number of hydrogen-bond donors (Lipinski definition) is 2. The molecule has 0 aliphatic carbocycles. The zero-order valence-corrected chi connectivity index (χ0v) is 15.4. The highest BCUT2D eigenvalue weighted by Gasteiger charge is 2.30. The van der Waals surface area contributed by atoms with Crippen molar-refractivity contribution in [1.29, 1.82) is 0 Å². The first-order valence-corrected chi connectivity index (χ1v) is 8.45. The summed E-state index contributed by atoms with van der Waals surface area (Å²) in [6, 6.07) is 10.6. The quantitative estimate of drug-likeness (QED) is 0.456. The SMILES string of the molecule is NC(=S)n1[nH]c(-c2ccc(C(F)(F)F)cc2)c(N=Nc2cccc(Cl)c2)c1=O. The van der Waals surface area contributed by atoms with E-state index in [1.54, 1.807) is 18.2 Å². The Kier molecular flexibility index (Phi) is 5.34. The predicted molar refractivity (Wildman–Crippen MR) is 103 cm³/mol. The first kappa shape index (κ1) is 19.8. The molecule has 0 saturated carbocycles. The summed E-state index contributed by atoms with van der Waals surface area (Å²) in [7, 11) is 0. The minimum atomic E-state index is -4.48. The van der Waals surface area contributed by atoms with E-state index in [4.69, 9.17) is 29.6 Å². The molecule has 11 heteroatoms. The minimum absolute atomic E-state index is 0.123. The summed E-state index contributed by atoms with van der Waals surface area (Å²) in [5.74, 6) is 0. The van der Waals surface area contributed by atoms with Crippen LogP contribution in [0.3, 0.4) is 0 Å². The first-order chi connectivity index (χ1) is 13.2. The van der Waals surface area contributed by atoms with Crippen LogP contribution in [0.15, 0.2) is 63.6 Å². The lowest BCUT2D eigenvalue weighted by molar-refractivity contribution is -0.137. The van der Waals surface area contributed by atoms with E-state index in [0.29, 0.717) is 10.7 Å². The van der Waals surface area contributed by atoms with Gasteiger partial charge in [-0.2, -0.15) is 23.0 Å². The summed E-state index contributed by atoms with van der Waals surface area (Å²) >= 11 is 10.7. The normalized spacial score (nSPS) is 11.9. The molecule has 2 aromatic carbocycles. The smallest absolute Gasteiger partial charge is 0.374 e. The number of H-pyrrole nitrogens is 1. The summed E-state index contributed by atoms with van der Waals surface area (Å²) < 4.78 is 39.2. The molecule has 28 heavy (non-hydrogen) atoms. The third-order valence-electron chi connectivity index (χ3n) is 3.66. The highest BCUT2D eigenvalue weighted by atomic mass is 35.5. The molecule has 0 radical (unpaired) electrons. The Hall–Kier alpha value is -2.98. The maximum absolute atomic E-state index is 12.8. The lowest BCUT2D eigenvalue weighted by atomic mass is 10.1. The molecule has 0 unspecified atom stereocenters. The highest BCUT2D eigenvalue weighted by molar-refractivity contribution is 7.80. The largest absolute Gasteiger partial charge is 0.416 e. The molecule has 0 atom stereocenters. The number of aromatic amines is 1. The van der Waals surface area contributed by atoms with Crippen molar-refractivity contribution in [2.24, 2.45) is 16.0 Å². The fourth-order valence-corrected chi connectivity index (χ4v) is 2.66. The van der Waals surface area contributed by atoms with E-state index >= 15 is 0 Å². The second-order valence-corrected chi connectivity index (χ2v) is 6.42. The van der Waals surface area contributed by atoms with Gasteiger partial charge in [-0.3, -0.25) is 9.89 Å². The van der Waals surface area contributed by atoms with Gasteiger partial charge >= 0.3 is 11.7 Å². The lowest BCUT2D eigenvalue weighted by Gasteiger charge is -2.07. The molecule has 0 bridgehead atoms. The number of azo groups is 1. The van der Waals surface area contributed by atoms with E-state index in [1.807, 2.05) is 0 Å². The minimum Gasteiger partial charge on any atom is -0.374 e. The van der Waals surface area contributed by atoms with E-state index in [-0.39, 0.29) is 22.1 Å². The van der Waals surface area contributed by atoms with Crippen LogP contribution in [-0.4, -0.2) is 14.9 Å². The zero-order chi connectivity index (χ0) is 20.5. The Morgan fingerprint density at radius 1 is 1.14 bits per heavy atom. The second kappa shape index (κ2) is 7.56. The number of nitrogens with two attached hydrogens (primary N) is 1. The highest BCUT2D eigenvalue weighted by Crippen LogP contribution is 2.33. The van der Waals surface area contributed by atoms with Gasteiger partial charge in [0.25, 0.3) is 0 Å². The van der Waals surface area contributed by atoms with Gasteiger partial charge in [0.1, 0.15) is 0 Å². The number of nitrogens with zero attached hydrogens (tertiary/aromatic N) is 3. The van der Waals surface area contributed by atoms with Crippen LogP contribution < -0.4 is 11.3 Å². The Labute approximate surface area is 166 Å². The zero-order valence-electron chi connectivity index (χ0n) is 13.9. The molecular weight excluding hydrogens is 415 g/mol. The van der Waals surface area contributed by atoms with Crippen LogP contribution in [0.5, 0.6) is 0 Å². The van der Waals surface area contributed by atoms with Gasteiger partial charge in [-0.1, -0.05) is 29.8 Å². The number of hydrogen-bond acceptors (Lipinski definition) is 4. The number of aromatic nitrogens is 2.